The first-order valence-electron chi connectivity index (χ1n) is 8.87. The molecule has 0 amide bonds. The highest BCUT2D eigenvalue weighted by Gasteiger charge is 2.09. The number of nitrogens with zero attached hydrogens (tertiary/aromatic N) is 2. The van der Waals surface area contributed by atoms with Crippen LogP contribution in [0.15, 0.2) is 60.7 Å². The van der Waals surface area contributed by atoms with Crippen LogP contribution in [0.1, 0.15) is 6.42 Å². The van der Waals surface area contributed by atoms with Gasteiger partial charge in [-0.2, -0.15) is 4.98 Å². The van der Waals surface area contributed by atoms with Crippen molar-refractivity contribution in [2.75, 3.05) is 38.0 Å². The van der Waals surface area contributed by atoms with Crippen LogP contribution in [0.4, 0.5) is 17.5 Å². The monoisotopic (exact) mass is 364 g/mol. The molecule has 2 N–H and O–H groups in total. The van der Waals surface area contributed by atoms with Crippen LogP contribution in [0.5, 0.6) is 5.75 Å². The minimum Gasteiger partial charge on any atom is -0.495 e. The zero-order valence-corrected chi connectivity index (χ0v) is 15.6. The van der Waals surface area contributed by atoms with E-state index in [0.29, 0.717) is 18.4 Å². The van der Waals surface area contributed by atoms with E-state index in [1.54, 1.807) is 14.2 Å². The van der Waals surface area contributed by atoms with Gasteiger partial charge in [-0.1, -0.05) is 42.5 Å². The van der Waals surface area contributed by atoms with E-state index < -0.39 is 0 Å². The standard InChI is InChI=1S/C21H24N4O2/c1-26-14-8-13-22-21-24-18(16-9-4-3-5-10-16)15-20(25-21)23-17-11-6-7-12-19(17)27-2/h3-7,9-12,15H,8,13-14H2,1-2H3,(H2,22,23,24,25). The molecule has 1 aromatic heterocycles. The summed E-state index contributed by atoms with van der Waals surface area (Å²) in [5.41, 5.74) is 2.73. The Morgan fingerprint density at radius 3 is 2.48 bits per heavy atom. The molecule has 6 nitrogen and oxygen atoms in total. The van der Waals surface area contributed by atoms with Gasteiger partial charge in [0.2, 0.25) is 5.95 Å². The largest absolute Gasteiger partial charge is 0.495 e. The number of hydrogen-bond donors (Lipinski definition) is 2. The number of methoxy groups -OCH3 is 2. The quantitative estimate of drug-likeness (QED) is 0.550. The summed E-state index contributed by atoms with van der Waals surface area (Å²) in [4.78, 5) is 9.25. The Morgan fingerprint density at radius 2 is 1.70 bits per heavy atom. The summed E-state index contributed by atoms with van der Waals surface area (Å²) in [7, 11) is 3.35. The Kier molecular flexibility index (Phi) is 6.60. The first-order chi connectivity index (χ1) is 13.3. The number of rotatable bonds is 9. The zero-order valence-electron chi connectivity index (χ0n) is 15.6. The Morgan fingerprint density at radius 1 is 0.926 bits per heavy atom. The average Bonchev–Trinajstić information content (AvgIpc) is 2.72. The summed E-state index contributed by atoms with van der Waals surface area (Å²) in [5.74, 6) is 2.03. The van der Waals surface area contributed by atoms with Crippen LogP contribution in [-0.4, -0.2) is 37.3 Å². The van der Waals surface area contributed by atoms with E-state index in [1.165, 1.54) is 0 Å². The van der Waals surface area contributed by atoms with Crippen LogP contribution in [0.2, 0.25) is 0 Å². The lowest BCUT2D eigenvalue weighted by molar-refractivity contribution is 0.197. The molecule has 0 bridgehead atoms. The van der Waals surface area contributed by atoms with Crippen LogP contribution in [-0.2, 0) is 4.74 Å². The van der Waals surface area contributed by atoms with Gasteiger partial charge in [-0.3, -0.25) is 0 Å². The molecule has 0 atom stereocenters. The van der Waals surface area contributed by atoms with E-state index in [2.05, 4.69) is 20.6 Å². The maximum absolute atomic E-state index is 5.42. The molecule has 6 heteroatoms. The van der Waals surface area contributed by atoms with Crippen LogP contribution >= 0.6 is 0 Å². The molecule has 3 aromatic rings. The second-order valence-electron chi connectivity index (χ2n) is 5.93. The first-order valence-corrected chi connectivity index (χ1v) is 8.87. The Bertz CT molecular complexity index is 856. The Labute approximate surface area is 159 Å². The minimum atomic E-state index is 0.574. The van der Waals surface area contributed by atoms with Crippen molar-refractivity contribution in [3.05, 3.63) is 60.7 Å². The second kappa shape index (κ2) is 9.54. The molecule has 27 heavy (non-hydrogen) atoms. The lowest BCUT2D eigenvalue weighted by Gasteiger charge is -2.13. The van der Waals surface area contributed by atoms with E-state index in [9.17, 15) is 0 Å². The summed E-state index contributed by atoms with van der Waals surface area (Å²) >= 11 is 0. The van der Waals surface area contributed by atoms with Crippen LogP contribution < -0.4 is 15.4 Å². The fourth-order valence-corrected chi connectivity index (χ4v) is 2.65. The highest BCUT2D eigenvalue weighted by Crippen LogP contribution is 2.28. The van der Waals surface area contributed by atoms with Crippen molar-refractivity contribution in [3.8, 4) is 17.0 Å². The number of nitrogens with one attached hydrogen (secondary N) is 2. The van der Waals surface area contributed by atoms with E-state index >= 15 is 0 Å². The predicted octanol–water partition coefficient (Wildman–Crippen LogP) is 4.34. The van der Waals surface area contributed by atoms with Crippen molar-refractivity contribution in [1.29, 1.82) is 0 Å². The van der Waals surface area contributed by atoms with Crippen molar-refractivity contribution in [2.24, 2.45) is 0 Å². The van der Waals surface area contributed by atoms with Gasteiger partial charge in [0.15, 0.2) is 0 Å². The minimum absolute atomic E-state index is 0.574. The summed E-state index contributed by atoms with van der Waals surface area (Å²) < 4.78 is 10.5. The number of ether oxygens (including phenoxy) is 2. The number of hydrogen-bond acceptors (Lipinski definition) is 6. The van der Waals surface area contributed by atoms with Crippen molar-refractivity contribution in [2.45, 2.75) is 6.42 Å². The molecular formula is C21H24N4O2. The van der Waals surface area contributed by atoms with Gasteiger partial charge in [-0.15, -0.1) is 0 Å². The van der Waals surface area contributed by atoms with Crippen LogP contribution in [0.25, 0.3) is 11.3 Å². The second-order valence-corrected chi connectivity index (χ2v) is 5.93. The molecule has 0 fully saturated rings. The van der Waals surface area contributed by atoms with Crippen molar-refractivity contribution >= 4 is 17.5 Å². The SMILES string of the molecule is COCCCNc1nc(Nc2ccccc2OC)cc(-c2ccccc2)n1. The fraction of sp³-hybridized carbons (Fsp3) is 0.238. The Hall–Kier alpha value is -3.12. The van der Waals surface area contributed by atoms with Gasteiger partial charge < -0.3 is 20.1 Å². The Balaban J connectivity index is 1.89. The highest BCUT2D eigenvalue weighted by molar-refractivity contribution is 5.69. The first kappa shape index (κ1) is 18.7. The van der Waals surface area contributed by atoms with Gasteiger partial charge in [0.05, 0.1) is 18.5 Å². The third-order valence-electron chi connectivity index (χ3n) is 3.97. The van der Waals surface area contributed by atoms with E-state index in [0.717, 1.165) is 35.7 Å². The molecular weight excluding hydrogens is 340 g/mol. The molecule has 0 spiro atoms. The third-order valence-corrected chi connectivity index (χ3v) is 3.97. The van der Waals surface area contributed by atoms with E-state index in [1.807, 2.05) is 60.7 Å². The maximum atomic E-state index is 5.42. The molecule has 0 aliphatic carbocycles. The van der Waals surface area contributed by atoms with E-state index in [4.69, 9.17) is 9.47 Å². The summed E-state index contributed by atoms with van der Waals surface area (Å²) in [6, 6.07) is 19.7. The van der Waals surface area contributed by atoms with Crippen molar-refractivity contribution < 1.29 is 9.47 Å². The van der Waals surface area contributed by atoms with Crippen molar-refractivity contribution in [1.82, 2.24) is 9.97 Å². The van der Waals surface area contributed by atoms with Gasteiger partial charge in [0.1, 0.15) is 11.6 Å². The summed E-state index contributed by atoms with van der Waals surface area (Å²) in [6.45, 7) is 1.43. The van der Waals surface area contributed by atoms with Gasteiger partial charge in [-0.25, -0.2) is 4.98 Å². The fourth-order valence-electron chi connectivity index (χ4n) is 2.65. The van der Waals surface area contributed by atoms with Crippen LogP contribution in [0.3, 0.4) is 0 Å². The highest BCUT2D eigenvalue weighted by atomic mass is 16.5. The summed E-state index contributed by atoms with van der Waals surface area (Å²) in [6.07, 6.45) is 0.880. The normalized spacial score (nSPS) is 10.4. The summed E-state index contributed by atoms with van der Waals surface area (Å²) in [5, 5.41) is 6.61. The number of aromatic nitrogens is 2. The molecule has 3 rings (SSSR count). The lowest BCUT2D eigenvalue weighted by Crippen LogP contribution is -2.09. The number of benzene rings is 2. The average molecular weight is 364 g/mol. The smallest absolute Gasteiger partial charge is 0.225 e. The van der Waals surface area contributed by atoms with Crippen LogP contribution in [0, 0.1) is 0 Å². The van der Waals surface area contributed by atoms with Gasteiger partial charge in [0, 0.05) is 31.9 Å². The third kappa shape index (κ3) is 5.18. The molecule has 0 aliphatic rings. The van der Waals surface area contributed by atoms with E-state index in [-0.39, 0.29) is 0 Å². The maximum Gasteiger partial charge on any atom is 0.225 e. The molecule has 0 saturated heterocycles. The molecule has 2 aromatic carbocycles. The molecule has 0 radical (unpaired) electrons. The number of para-hydroxylation sites is 2. The topological polar surface area (TPSA) is 68.3 Å². The zero-order chi connectivity index (χ0) is 18.9. The van der Waals surface area contributed by atoms with Gasteiger partial charge in [-0.05, 0) is 18.6 Å². The lowest BCUT2D eigenvalue weighted by atomic mass is 10.1. The van der Waals surface area contributed by atoms with Crippen molar-refractivity contribution in [3.63, 3.8) is 0 Å². The molecule has 1 heterocycles. The molecule has 0 unspecified atom stereocenters. The molecule has 0 aliphatic heterocycles. The number of anilines is 3. The predicted molar refractivity (Wildman–Crippen MR) is 109 cm³/mol. The van der Waals surface area contributed by atoms with Gasteiger partial charge in [0.25, 0.3) is 0 Å². The van der Waals surface area contributed by atoms with Gasteiger partial charge >= 0.3 is 0 Å². The molecule has 0 saturated carbocycles. The molecule has 140 valence electrons.